The Labute approximate surface area is 150 Å². The van der Waals surface area contributed by atoms with Crippen molar-refractivity contribution in [3.05, 3.63) is 23.8 Å². The van der Waals surface area contributed by atoms with Crippen LogP contribution < -0.4 is 10.6 Å². The van der Waals surface area contributed by atoms with Crippen molar-refractivity contribution >= 4 is 23.2 Å². The zero-order valence-corrected chi connectivity index (χ0v) is 15.6. The fourth-order valence-electron chi connectivity index (χ4n) is 4.03. The predicted molar refractivity (Wildman–Crippen MR) is 101 cm³/mol. The van der Waals surface area contributed by atoms with Gasteiger partial charge in [-0.2, -0.15) is 0 Å². The van der Waals surface area contributed by atoms with Gasteiger partial charge in [0.25, 0.3) is 5.91 Å². The average Bonchev–Trinajstić information content (AvgIpc) is 2.53. The highest BCUT2D eigenvalue weighted by Crippen LogP contribution is 2.30. The maximum atomic E-state index is 12.9. The molecule has 3 atom stereocenters. The molecule has 3 unspecified atom stereocenters. The largest absolute Gasteiger partial charge is 0.372 e. The highest BCUT2D eigenvalue weighted by atomic mass is 16.2. The number of amides is 2. The molecule has 1 aromatic rings. The number of nitrogens with zero attached hydrogens (tertiary/aromatic N) is 1. The van der Waals surface area contributed by atoms with Crippen molar-refractivity contribution in [1.82, 2.24) is 4.90 Å². The quantitative estimate of drug-likeness (QED) is 0.882. The third-order valence-electron chi connectivity index (χ3n) is 5.03. The molecule has 5 nitrogen and oxygen atoms in total. The number of hydrogen-bond donors (Lipinski definition) is 2. The van der Waals surface area contributed by atoms with Crippen LogP contribution in [0.3, 0.4) is 0 Å². The van der Waals surface area contributed by atoms with E-state index < -0.39 is 0 Å². The third kappa shape index (κ3) is 3.97. The number of fused-ring (bicyclic) bond motifs is 1. The van der Waals surface area contributed by atoms with Crippen molar-refractivity contribution in [2.45, 2.75) is 46.6 Å². The summed E-state index contributed by atoms with van der Waals surface area (Å²) < 4.78 is 0. The average molecular weight is 343 g/mol. The maximum absolute atomic E-state index is 12.9. The third-order valence-corrected chi connectivity index (χ3v) is 5.03. The highest BCUT2D eigenvalue weighted by Gasteiger charge is 2.29. The number of likely N-dealkylation sites (tertiary alicyclic amines) is 1. The Kier molecular flexibility index (Phi) is 5.02. The van der Waals surface area contributed by atoms with E-state index in [-0.39, 0.29) is 17.9 Å². The van der Waals surface area contributed by atoms with Gasteiger partial charge in [0.05, 0.1) is 11.4 Å². The summed E-state index contributed by atoms with van der Waals surface area (Å²) in [6, 6.07) is 5.37. The van der Waals surface area contributed by atoms with E-state index in [9.17, 15) is 9.59 Å². The van der Waals surface area contributed by atoms with E-state index in [4.69, 9.17) is 0 Å². The topological polar surface area (TPSA) is 61.4 Å². The fourth-order valence-corrected chi connectivity index (χ4v) is 4.03. The van der Waals surface area contributed by atoms with Crippen LogP contribution in [-0.4, -0.2) is 35.8 Å². The molecule has 2 N–H and O–H groups in total. The summed E-state index contributed by atoms with van der Waals surface area (Å²) in [6.45, 7) is 10.2. The van der Waals surface area contributed by atoms with Gasteiger partial charge < -0.3 is 15.5 Å². The van der Waals surface area contributed by atoms with E-state index in [1.54, 1.807) is 6.07 Å². The van der Waals surface area contributed by atoms with Crippen LogP contribution in [0.5, 0.6) is 0 Å². The molecule has 5 heteroatoms. The summed E-state index contributed by atoms with van der Waals surface area (Å²) in [4.78, 5) is 27.1. The van der Waals surface area contributed by atoms with E-state index in [1.165, 1.54) is 6.42 Å². The predicted octanol–water partition coefficient (Wildman–Crippen LogP) is 3.58. The van der Waals surface area contributed by atoms with Crippen LogP contribution in [0.15, 0.2) is 18.2 Å². The van der Waals surface area contributed by atoms with Crippen LogP contribution >= 0.6 is 0 Å². The first-order valence-electron chi connectivity index (χ1n) is 9.34. The summed E-state index contributed by atoms with van der Waals surface area (Å²) in [5.74, 6) is 1.53. The molecule has 2 aliphatic heterocycles. The van der Waals surface area contributed by atoms with Crippen LogP contribution in [0.1, 0.15) is 50.9 Å². The number of anilines is 2. The Morgan fingerprint density at radius 2 is 1.88 bits per heavy atom. The highest BCUT2D eigenvalue weighted by molar-refractivity contribution is 6.05. The molecule has 1 fully saturated rings. The van der Waals surface area contributed by atoms with Gasteiger partial charge in [0, 0.05) is 18.7 Å². The second kappa shape index (κ2) is 7.06. The fraction of sp³-hybridized carbons (Fsp3) is 0.600. The summed E-state index contributed by atoms with van der Waals surface area (Å²) in [6.07, 6.45) is 1.96. The molecule has 3 rings (SSSR count). The Balaban J connectivity index is 1.77. The zero-order chi connectivity index (χ0) is 18.1. The molecule has 25 heavy (non-hydrogen) atoms. The molecule has 0 aliphatic carbocycles. The second-order valence-electron chi connectivity index (χ2n) is 8.23. The molecule has 0 radical (unpaired) electrons. The van der Waals surface area contributed by atoms with E-state index >= 15 is 0 Å². The summed E-state index contributed by atoms with van der Waals surface area (Å²) in [5, 5.41) is 6.26. The molecular formula is C20H29N3O2. The minimum Gasteiger partial charge on any atom is -0.372 e. The molecule has 136 valence electrons. The lowest BCUT2D eigenvalue weighted by atomic mass is 9.91. The smallest absolute Gasteiger partial charge is 0.253 e. The van der Waals surface area contributed by atoms with E-state index in [1.807, 2.05) is 17.0 Å². The minimum absolute atomic E-state index is 0.0222. The molecule has 1 saturated heterocycles. The SMILES string of the molecule is CC(C)CC1Nc2ccc(C(=O)N3CC(C)CC(C)C3)cc2NC1=O. The van der Waals surface area contributed by atoms with Gasteiger partial charge in [0.15, 0.2) is 0 Å². The van der Waals surface area contributed by atoms with Gasteiger partial charge >= 0.3 is 0 Å². The number of carbonyl (C=O) groups excluding carboxylic acids is 2. The minimum atomic E-state index is -0.210. The first kappa shape index (κ1) is 17.8. The maximum Gasteiger partial charge on any atom is 0.253 e. The van der Waals surface area contributed by atoms with Gasteiger partial charge in [-0.25, -0.2) is 0 Å². The van der Waals surface area contributed by atoms with Gasteiger partial charge in [-0.1, -0.05) is 27.7 Å². The van der Waals surface area contributed by atoms with Crippen LogP contribution in [0.4, 0.5) is 11.4 Å². The number of carbonyl (C=O) groups is 2. The van der Waals surface area contributed by atoms with Crippen LogP contribution in [0.25, 0.3) is 0 Å². The lowest BCUT2D eigenvalue weighted by Crippen LogP contribution is -2.43. The zero-order valence-electron chi connectivity index (χ0n) is 15.6. The standard InChI is InChI=1S/C20H29N3O2/c1-12(2)7-18-19(24)22-17-9-15(5-6-16(17)21-18)20(25)23-10-13(3)8-14(4)11-23/h5-6,9,12-14,18,21H,7-8,10-11H2,1-4H3,(H,22,24). The summed E-state index contributed by atoms with van der Waals surface area (Å²) >= 11 is 0. The molecule has 0 saturated carbocycles. The number of rotatable bonds is 3. The molecule has 0 bridgehead atoms. The molecule has 0 spiro atoms. The number of benzene rings is 1. The van der Waals surface area contributed by atoms with Crippen LogP contribution in [0.2, 0.25) is 0 Å². The van der Waals surface area contributed by atoms with Crippen LogP contribution in [0, 0.1) is 17.8 Å². The second-order valence-corrected chi connectivity index (χ2v) is 8.23. The van der Waals surface area contributed by atoms with Crippen molar-refractivity contribution in [3.8, 4) is 0 Å². The van der Waals surface area contributed by atoms with Gasteiger partial charge in [-0.3, -0.25) is 9.59 Å². The van der Waals surface area contributed by atoms with Gasteiger partial charge in [0.1, 0.15) is 6.04 Å². The summed E-state index contributed by atoms with van der Waals surface area (Å²) in [7, 11) is 0. The molecule has 2 amide bonds. The normalized spacial score (nSPS) is 26.0. The molecule has 1 aromatic carbocycles. The lowest BCUT2D eigenvalue weighted by Gasteiger charge is -2.35. The molecule has 2 aliphatic rings. The first-order valence-corrected chi connectivity index (χ1v) is 9.34. The molecular weight excluding hydrogens is 314 g/mol. The van der Waals surface area contributed by atoms with Crippen molar-refractivity contribution < 1.29 is 9.59 Å². The van der Waals surface area contributed by atoms with E-state index in [0.29, 0.717) is 29.0 Å². The Hall–Kier alpha value is -2.04. The van der Waals surface area contributed by atoms with Gasteiger partial charge in [-0.15, -0.1) is 0 Å². The Morgan fingerprint density at radius 1 is 1.20 bits per heavy atom. The van der Waals surface area contributed by atoms with Crippen molar-refractivity contribution in [1.29, 1.82) is 0 Å². The molecule has 0 aromatic heterocycles. The van der Waals surface area contributed by atoms with Crippen molar-refractivity contribution in [2.24, 2.45) is 17.8 Å². The lowest BCUT2D eigenvalue weighted by molar-refractivity contribution is -0.117. The monoisotopic (exact) mass is 343 g/mol. The Bertz CT molecular complexity index is 661. The van der Waals surface area contributed by atoms with Crippen molar-refractivity contribution in [3.63, 3.8) is 0 Å². The van der Waals surface area contributed by atoms with Gasteiger partial charge in [-0.05, 0) is 48.8 Å². The Morgan fingerprint density at radius 3 is 2.52 bits per heavy atom. The van der Waals surface area contributed by atoms with Crippen molar-refractivity contribution in [2.75, 3.05) is 23.7 Å². The van der Waals surface area contributed by atoms with E-state index in [2.05, 4.69) is 38.3 Å². The first-order chi connectivity index (χ1) is 11.8. The van der Waals surface area contributed by atoms with Crippen LogP contribution in [-0.2, 0) is 4.79 Å². The molecule has 2 heterocycles. The summed E-state index contributed by atoms with van der Waals surface area (Å²) in [5.41, 5.74) is 2.24. The number of piperidine rings is 1. The van der Waals surface area contributed by atoms with E-state index in [0.717, 1.165) is 25.2 Å². The number of nitrogens with one attached hydrogen (secondary N) is 2. The number of hydrogen-bond acceptors (Lipinski definition) is 3. The van der Waals surface area contributed by atoms with Gasteiger partial charge in [0.2, 0.25) is 5.91 Å².